The zero-order valence-corrected chi connectivity index (χ0v) is 20.2. The Morgan fingerprint density at radius 1 is 1.06 bits per heavy atom. The summed E-state index contributed by atoms with van der Waals surface area (Å²) >= 11 is 1.50. The molecule has 0 aliphatic heterocycles. The molecule has 33 heavy (non-hydrogen) atoms. The number of carbonyl (C=O) groups excluding carboxylic acids is 2. The molecule has 0 fully saturated rings. The summed E-state index contributed by atoms with van der Waals surface area (Å²) in [5.74, 6) is 0.480. The van der Waals surface area contributed by atoms with Gasteiger partial charge >= 0.3 is 0 Å². The Labute approximate surface area is 199 Å². The molecule has 3 aromatic rings. The van der Waals surface area contributed by atoms with Gasteiger partial charge in [-0.3, -0.25) is 9.59 Å². The quantitative estimate of drug-likeness (QED) is 0.399. The van der Waals surface area contributed by atoms with Crippen LogP contribution in [-0.4, -0.2) is 18.9 Å². The van der Waals surface area contributed by atoms with E-state index in [1.54, 1.807) is 25.3 Å². The highest BCUT2D eigenvalue weighted by molar-refractivity contribution is 7.10. The number of amides is 2. The Balaban J connectivity index is 1.86. The maximum absolute atomic E-state index is 13.4. The molecule has 2 aromatic carbocycles. The predicted molar refractivity (Wildman–Crippen MR) is 134 cm³/mol. The minimum Gasteiger partial charge on any atom is -0.497 e. The molecule has 6 heteroatoms. The van der Waals surface area contributed by atoms with Crippen LogP contribution in [0, 0.1) is 12.8 Å². The zero-order chi connectivity index (χ0) is 23.8. The maximum atomic E-state index is 13.4. The second kappa shape index (κ2) is 11.5. The van der Waals surface area contributed by atoms with Gasteiger partial charge in [0.05, 0.1) is 13.2 Å². The van der Waals surface area contributed by atoms with E-state index in [1.165, 1.54) is 11.3 Å². The van der Waals surface area contributed by atoms with Crippen molar-refractivity contribution in [2.24, 2.45) is 5.92 Å². The number of aryl methyl sites for hydroxylation is 1. The van der Waals surface area contributed by atoms with Crippen molar-refractivity contribution in [1.29, 1.82) is 0 Å². The van der Waals surface area contributed by atoms with Crippen molar-refractivity contribution in [3.05, 3.63) is 93.3 Å². The van der Waals surface area contributed by atoms with Gasteiger partial charge in [-0.25, -0.2) is 0 Å². The van der Waals surface area contributed by atoms with Crippen LogP contribution < -0.4 is 15.4 Å². The van der Waals surface area contributed by atoms with Crippen LogP contribution in [0.4, 0.5) is 0 Å². The van der Waals surface area contributed by atoms with E-state index in [9.17, 15) is 9.59 Å². The lowest BCUT2D eigenvalue weighted by Gasteiger charge is -2.22. The Morgan fingerprint density at radius 3 is 2.42 bits per heavy atom. The number of methoxy groups -OCH3 is 1. The lowest BCUT2D eigenvalue weighted by Crippen LogP contribution is -2.37. The van der Waals surface area contributed by atoms with E-state index in [-0.39, 0.29) is 23.6 Å². The van der Waals surface area contributed by atoms with Crippen LogP contribution in [0.1, 0.15) is 52.7 Å². The van der Waals surface area contributed by atoms with Crippen molar-refractivity contribution < 1.29 is 14.3 Å². The molecule has 1 aromatic heterocycles. The maximum Gasteiger partial charge on any atom is 0.268 e. The van der Waals surface area contributed by atoms with E-state index in [0.717, 1.165) is 28.2 Å². The van der Waals surface area contributed by atoms with Crippen LogP contribution in [0.5, 0.6) is 5.75 Å². The molecule has 0 saturated carbocycles. The SMILES string of the molecule is COc1ccc([C@@H](CC(C)C)NC(=O)/C(=C/c2cccs2)NC(=O)c2cccc(C)c2)cc1. The summed E-state index contributed by atoms with van der Waals surface area (Å²) in [5.41, 5.74) is 2.69. The highest BCUT2D eigenvalue weighted by Crippen LogP contribution is 2.24. The molecule has 0 radical (unpaired) electrons. The molecule has 0 aliphatic carbocycles. The topological polar surface area (TPSA) is 67.4 Å². The second-order valence-electron chi connectivity index (χ2n) is 8.33. The summed E-state index contributed by atoms with van der Waals surface area (Å²) in [5, 5.41) is 7.88. The normalized spacial score (nSPS) is 12.3. The highest BCUT2D eigenvalue weighted by atomic mass is 32.1. The van der Waals surface area contributed by atoms with E-state index in [2.05, 4.69) is 24.5 Å². The largest absolute Gasteiger partial charge is 0.497 e. The van der Waals surface area contributed by atoms with Crippen LogP contribution in [-0.2, 0) is 4.79 Å². The van der Waals surface area contributed by atoms with Crippen molar-refractivity contribution in [3.8, 4) is 5.75 Å². The fraction of sp³-hybridized carbons (Fsp3) is 0.259. The smallest absolute Gasteiger partial charge is 0.268 e. The Bertz CT molecular complexity index is 1100. The lowest BCUT2D eigenvalue weighted by atomic mass is 9.96. The van der Waals surface area contributed by atoms with Crippen LogP contribution in [0.3, 0.4) is 0 Å². The summed E-state index contributed by atoms with van der Waals surface area (Å²) in [6, 6.07) is 18.6. The number of nitrogens with one attached hydrogen (secondary N) is 2. The van der Waals surface area contributed by atoms with Crippen LogP contribution in [0.2, 0.25) is 0 Å². The Morgan fingerprint density at radius 2 is 1.82 bits per heavy atom. The zero-order valence-electron chi connectivity index (χ0n) is 19.4. The van der Waals surface area contributed by atoms with E-state index in [0.29, 0.717) is 11.5 Å². The minimum atomic E-state index is -0.328. The van der Waals surface area contributed by atoms with E-state index < -0.39 is 0 Å². The fourth-order valence-electron chi connectivity index (χ4n) is 3.48. The molecule has 1 atom stereocenters. The first kappa shape index (κ1) is 24.3. The molecule has 0 saturated heterocycles. The van der Waals surface area contributed by atoms with Crippen molar-refractivity contribution in [2.45, 2.75) is 33.2 Å². The molecule has 5 nitrogen and oxygen atoms in total. The summed E-state index contributed by atoms with van der Waals surface area (Å²) in [7, 11) is 1.63. The molecule has 3 rings (SSSR count). The Kier molecular flexibility index (Phi) is 8.44. The van der Waals surface area contributed by atoms with E-state index >= 15 is 0 Å². The van der Waals surface area contributed by atoms with Gasteiger partial charge < -0.3 is 15.4 Å². The van der Waals surface area contributed by atoms with Gasteiger partial charge in [0, 0.05) is 10.4 Å². The molecule has 2 amide bonds. The average Bonchev–Trinajstić information content (AvgIpc) is 3.31. The first-order chi connectivity index (χ1) is 15.9. The monoisotopic (exact) mass is 462 g/mol. The number of carbonyl (C=O) groups is 2. The van der Waals surface area contributed by atoms with Crippen LogP contribution >= 0.6 is 11.3 Å². The molecule has 172 valence electrons. The summed E-state index contributed by atoms with van der Waals surface area (Å²) in [6.45, 7) is 6.16. The molecule has 1 heterocycles. The minimum absolute atomic E-state index is 0.203. The lowest BCUT2D eigenvalue weighted by molar-refractivity contribution is -0.118. The van der Waals surface area contributed by atoms with E-state index in [1.807, 2.05) is 60.8 Å². The van der Waals surface area contributed by atoms with Crippen molar-refractivity contribution in [1.82, 2.24) is 10.6 Å². The van der Waals surface area contributed by atoms with Gasteiger partial charge in [-0.2, -0.15) is 0 Å². The van der Waals surface area contributed by atoms with Crippen LogP contribution in [0.15, 0.2) is 71.7 Å². The third-order valence-corrected chi connectivity index (χ3v) is 5.95. The first-order valence-corrected chi connectivity index (χ1v) is 11.8. The molecule has 0 spiro atoms. The van der Waals surface area contributed by atoms with Gasteiger partial charge in [0.15, 0.2) is 0 Å². The third kappa shape index (κ3) is 7.05. The number of hydrogen-bond acceptors (Lipinski definition) is 4. The molecular formula is C27H30N2O3S. The van der Waals surface area contributed by atoms with Crippen molar-refractivity contribution in [2.75, 3.05) is 7.11 Å². The summed E-state index contributed by atoms with van der Waals surface area (Å²) < 4.78 is 5.26. The Hall–Kier alpha value is -3.38. The first-order valence-electron chi connectivity index (χ1n) is 10.9. The number of rotatable bonds is 9. The van der Waals surface area contributed by atoms with Crippen LogP contribution in [0.25, 0.3) is 6.08 Å². The predicted octanol–water partition coefficient (Wildman–Crippen LogP) is 5.74. The molecule has 0 bridgehead atoms. The summed E-state index contributed by atoms with van der Waals surface area (Å²) in [6.07, 6.45) is 2.48. The highest BCUT2D eigenvalue weighted by Gasteiger charge is 2.21. The molecule has 0 aliphatic rings. The van der Waals surface area contributed by atoms with Gasteiger partial charge in [-0.1, -0.05) is 49.7 Å². The molecule has 2 N–H and O–H groups in total. The van der Waals surface area contributed by atoms with Crippen molar-refractivity contribution in [3.63, 3.8) is 0 Å². The number of benzene rings is 2. The van der Waals surface area contributed by atoms with Crippen molar-refractivity contribution >= 4 is 29.2 Å². The van der Waals surface area contributed by atoms with Gasteiger partial charge in [0.25, 0.3) is 11.8 Å². The van der Waals surface area contributed by atoms with Gasteiger partial charge in [-0.15, -0.1) is 11.3 Å². The average molecular weight is 463 g/mol. The second-order valence-corrected chi connectivity index (χ2v) is 9.31. The fourth-order valence-corrected chi connectivity index (χ4v) is 4.13. The van der Waals surface area contributed by atoms with E-state index in [4.69, 9.17) is 4.74 Å². The number of hydrogen-bond donors (Lipinski definition) is 2. The number of ether oxygens (including phenoxy) is 1. The standard InChI is InChI=1S/C27H30N2O3S/c1-18(2)15-24(20-10-12-22(32-4)13-11-20)28-27(31)25(17-23-9-6-14-33-23)29-26(30)21-8-5-7-19(3)16-21/h5-14,16-18,24H,15H2,1-4H3,(H,28,31)(H,29,30)/b25-17-/t24-/m1/s1. The van der Waals surface area contributed by atoms with Gasteiger partial charge in [-0.05, 0) is 66.6 Å². The third-order valence-electron chi connectivity index (χ3n) is 5.13. The molecular weight excluding hydrogens is 432 g/mol. The number of thiophene rings is 1. The van der Waals surface area contributed by atoms with Gasteiger partial charge in [0.2, 0.25) is 0 Å². The summed E-state index contributed by atoms with van der Waals surface area (Å²) in [4.78, 5) is 27.2. The van der Waals surface area contributed by atoms with Gasteiger partial charge in [0.1, 0.15) is 11.4 Å². The molecule has 0 unspecified atom stereocenters.